The molecule has 3 nitrogen and oxygen atoms in total. The van der Waals surface area contributed by atoms with E-state index in [1.165, 1.54) is 12.8 Å². The molecule has 2 rings (SSSR count). The van der Waals surface area contributed by atoms with Crippen LogP contribution in [0.4, 0.5) is 5.69 Å². The fourth-order valence-corrected chi connectivity index (χ4v) is 2.49. The molecule has 0 fully saturated rings. The molecule has 0 unspecified atom stereocenters. The Morgan fingerprint density at radius 1 is 1.09 bits per heavy atom. The van der Waals surface area contributed by atoms with Gasteiger partial charge in [-0.3, -0.25) is 4.79 Å². The van der Waals surface area contributed by atoms with Crippen LogP contribution in [-0.2, 0) is 0 Å². The van der Waals surface area contributed by atoms with E-state index in [1.54, 1.807) is 6.07 Å². The molecular formula is C18H20BrNO2. The molecule has 1 amide bonds. The predicted molar refractivity (Wildman–Crippen MR) is 93.6 cm³/mol. The third-order valence-corrected chi connectivity index (χ3v) is 3.94. The molecule has 0 aliphatic carbocycles. The van der Waals surface area contributed by atoms with Gasteiger partial charge in [-0.25, -0.2) is 0 Å². The van der Waals surface area contributed by atoms with Gasteiger partial charge in [0, 0.05) is 10.2 Å². The van der Waals surface area contributed by atoms with Crippen molar-refractivity contribution in [3.05, 3.63) is 58.6 Å². The Morgan fingerprint density at radius 3 is 2.50 bits per heavy atom. The summed E-state index contributed by atoms with van der Waals surface area (Å²) in [5, 5.41) is 2.88. The maximum Gasteiger partial charge on any atom is 0.256 e. The number of anilines is 1. The summed E-state index contributed by atoms with van der Waals surface area (Å²) in [6.45, 7) is 2.90. The van der Waals surface area contributed by atoms with E-state index in [4.69, 9.17) is 4.74 Å². The second-order valence-electron chi connectivity index (χ2n) is 5.01. The molecule has 0 spiro atoms. The normalized spacial score (nSPS) is 10.3. The highest BCUT2D eigenvalue weighted by Crippen LogP contribution is 2.20. The van der Waals surface area contributed by atoms with Crippen molar-refractivity contribution in [2.45, 2.75) is 26.2 Å². The van der Waals surface area contributed by atoms with E-state index in [9.17, 15) is 4.79 Å². The molecule has 4 heteroatoms. The summed E-state index contributed by atoms with van der Waals surface area (Å²) in [5.74, 6) is 0.694. The average Bonchev–Trinajstić information content (AvgIpc) is 2.53. The van der Waals surface area contributed by atoms with Gasteiger partial charge in [0.05, 0.1) is 12.2 Å². The number of unbranched alkanes of at least 4 members (excludes halogenated alkanes) is 2. The summed E-state index contributed by atoms with van der Waals surface area (Å²) < 4.78 is 6.43. The Kier molecular flexibility index (Phi) is 6.46. The Hall–Kier alpha value is -1.81. The molecule has 2 aromatic carbocycles. The van der Waals surface area contributed by atoms with Gasteiger partial charge in [0.15, 0.2) is 0 Å². The van der Waals surface area contributed by atoms with Crippen molar-refractivity contribution >= 4 is 27.5 Å². The minimum Gasteiger partial charge on any atom is -0.494 e. The Bertz CT molecular complexity index is 611. The zero-order chi connectivity index (χ0) is 15.8. The first kappa shape index (κ1) is 16.6. The molecule has 0 saturated heterocycles. The quantitative estimate of drug-likeness (QED) is 0.682. The minimum atomic E-state index is -0.135. The highest BCUT2D eigenvalue weighted by atomic mass is 79.9. The van der Waals surface area contributed by atoms with Crippen LogP contribution in [0, 0.1) is 0 Å². The number of carbonyl (C=O) groups is 1. The summed E-state index contributed by atoms with van der Waals surface area (Å²) in [4.78, 5) is 12.2. The van der Waals surface area contributed by atoms with E-state index in [2.05, 4.69) is 28.2 Å². The molecule has 0 radical (unpaired) electrons. The molecule has 22 heavy (non-hydrogen) atoms. The second-order valence-corrected chi connectivity index (χ2v) is 5.87. The van der Waals surface area contributed by atoms with Crippen LogP contribution >= 0.6 is 15.9 Å². The molecule has 116 valence electrons. The Labute approximate surface area is 139 Å². The number of benzene rings is 2. The maximum atomic E-state index is 12.2. The van der Waals surface area contributed by atoms with Crippen LogP contribution < -0.4 is 10.1 Å². The number of hydrogen-bond acceptors (Lipinski definition) is 2. The zero-order valence-corrected chi connectivity index (χ0v) is 14.2. The molecule has 0 bridgehead atoms. The topological polar surface area (TPSA) is 38.3 Å². The van der Waals surface area contributed by atoms with Crippen LogP contribution in [0.3, 0.4) is 0 Å². The van der Waals surface area contributed by atoms with Crippen LogP contribution in [0.25, 0.3) is 0 Å². The summed E-state index contributed by atoms with van der Waals surface area (Å²) in [6, 6.07) is 14.8. The molecule has 0 aliphatic heterocycles. The second kappa shape index (κ2) is 8.59. The van der Waals surface area contributed by atoms with Gasteiger partial charge in [-0.1, -0.05) is 31.9 Å². The SMILES string of the molecule is CCCCCOc1ccc(NC(=O)c2ccccc2Br)cc1. The molecule has 0 atom stereocenters. The van der Waals surface area contributed by atoms with Crippen LogP contribution in [0.5, 0.6) is 5.75 Å². The first-order valence-corrected chi connectivity index (χ1v) is 8.28. The monoisotopic (exact) mass is 361 g/mol. The van der Waals surface area contributed by atoms with Gasteiger partial charge in [-0.05, 0) is 58.7 Å². The molecule has 0 saturated carbocycles. The lowest BCUT2D eigenvalue weighted by atomic mass is 10.2. The standard InChI is InChI=1S/C18H20BrNO2/c1-2-3-6-13-22-15-11-9-14(10-12-15)20-18(21)16-7-4-5-8-17(16)19/h4-5,7-12H,2-3,6,13H2,1H3,(H,20,21). The third kappa shape index (κ3) is 4.88. The van der Waals surface area contributed by atoms with E-state index < -0.39 is 0 Å². The molecule has 0 aliphatic rings. The zero-order valence-electron chi connectivity index (χ0n) is 12.6. The number of rotatable bonds is 7. The van der Waals surface area contributed by atoms with E-state index in [0.717, 1.165) is 28.9 Å². The van der Waals surface area contributed by atoms with Crippen LogP contribution in [0.1, 0.15) is 36.5 Å². The van der Waals surface area contributed by atoms with Gasteiger partial charge < -0.3 is 10.1 Å². The van der Waals surface area contributed by atoms with E-state index in [-0.39, 0.29) is 5.91 Å². The van der Waals surface area contributed by atoms with Crippen molar-refractivity contribution in [3.63, 3.8) is 0 Å². The van der Waals surface area contributed by atoms with E-state index >= 15 is 0 Å². The Balaban J connectivity index is 1.91. The van der Waals surface area contributed by atoms with Crippen molar-refractivity contribution in [1.29, 1.82) is 0 Å². The van der Waals surface area contributed by atoms with Crippen LogP contribution in [0.2, 0.25) is 0 Å². The van der Waals surface area contributed by atoms with Crippen molar-refractivity contribution in [3.8, 4) is 5.75 Å². The molecule has 2 aromatic rings. The number of ether oxygens (including phenoxy) is 1. The molecule has 1 N–H and O–H groups in total. The number of amides is 1. The largest absolute Gasteiger partial charge is 0.494 e. The first-order chi connectivity index (χ1) is 10.7. The summed E-state index contributed by atoms with van der Waals surface area (Å²) >= 11 is 3.38. The number of halogens is 1. The lowest BCUT2D eigenvalue weighted by Gasteiger charge is -2.09. The van der Waals surface area contributed by atoms with Gasteiger partial charge in [0.2, 0.25) is 0 Å². The van der Waals surface area contributed by atoms with Crippen LogP contribution in [0.15, 0.2) is 53.0 Å². The number of nitrogens with one attached hydrogen (secondary N) is 1. The summed E-state index contributed by atoms with van der Waals surface area (Å²) in [7, 11) is 0. The lowest BCUT2D eigenvalue weighted by Crippen LogP contribution is -2.12. The predicted octanol–water partition coefficient (Wildman–Crippen LogP) is 5.27. The smallest absolute Gasteiger partial charge is 0.256 e. The average molecular weight is 362 g/mol. The summed E-state index contributed by atoms with van der Waals surface area (Å²) in [6.07, 6.45) is 3.43. The third-order valence-electron chi connectivity index (χ3n) is 3.25. The van der Waals surface area contributed by atoms with Crippen molar-refractivity contribution in [2.75, 3.05) is 11.9 Å². The van der Waals surface area contributed by atoms with Crippen molar-refractivity contribution in [1.82, 2.24) is 0 Å². The highest BCUT2D eigenvalue weighted by Gasteiger charge is 2.09. The maximum absolute atomic E-state index is 12.2. The van der Waals surface area contributed by atoms with E-state index in [0.29, 0.717) is 5.56 Å². The lowest BCUT2D eigenvalue weighted by molar-refractivity contribution is 0.102. The molecular weight excluding hydrogens is 342 g/mol. The summed E-state index contributed by atoms with van der Waals surface area (Å²) in [5.41, 5.74) is 1.36. The van der Waals surface area contributed by atoms with Gasteiger partial charge in [0.1, 0.15) is 5.75 Å². The van der Waals surface area contributed by atoms with Crippen molar-refractivity contribution < 1.29 is 9.53 Å². The van der Waals surface area contributed by atoms with Gasteiger partial charge >= 0.3 is 0 Å². The first-order valence-electron chi connectivity index (χ1n) is 7.49. The van der Waals surface area contributed by atoms with Gasteiger partial charge in [-0.2, -0.15) is 0 Å². The van der Waals surface area contributed by atoms with E-state index in [1.807, 2.05) is 42.5 Å². The van der Waals surface area contributed by atoms with Crippen LogP contribution in [-0.4, -0.2) is 12.5 Å². The fourth-order valence-electron chi connectivity index (χ4n) is 2.02. The minimum absolute atomic E-state index is 0.135. The number of carbonyl (C=O) groups excluding carboxylic acids is 1. The molecule has 0 aromatic heterocycles. The van der Waals surface area contributed by atoms with Gasteiger partial charge in [0.25, 0.3) is 5.91 Å². The fraction of sp³-hybridized carbons (Fsp3) is 0.278. The Morgan fingerprint density at radius 2 is 1.82 bits per heavy atom. The number of hydrogen-bond donors (Lipinski definition) is 1. The van der Waals surface area contributed by atoms with Gasteiger partial charge in [-0.15, -0.1) is 0 Å². The molecule has 0 heterocycles. The van der Waals surface area contributed by atoms with Crippen molar-refractivity contribution in [2.24, 2.45) is 0 Å². The highest BCUT2D eigenvalue weighted by molar-refractivity contribution is 9.10.